The van der Waals surface area contributed by atoms with Gasteiger partial charge < -0.3 is 9.72 Å². The standard InChI is InChI=1S/C24H22N4O3S/c29-24(26-15-18-10-12-27-13-11-25-23(27)14-18)20-8-6-19(7-9-20)21-16-28(17-21)32(30,31)22-4-2-1-3-5-22/h1-14,21H,15-17H2,(H,26,29). The zero-order valence-electron chi connectivity index (χ0n) is 17.3. The minimum absolute atomic E-state index is 0.131. The number of aromatic nitrogens is 2. The lowest BCUT2D eigenvalue weighted by atomic mass is 9.93. The Hall–Kier alpha value is -3.49. The van der Waals surface area contributed by atoms with Crippen LogP contribution in [0.15, 0.2) is 90.2 Å². The third-order valence-electron chi connectivity index (χ3n) is 5.79. The number of fused-ring (bicyclic) bond motifs is 1. The predicted molar refractivity (Wildman–Crippen MR) is 121 cm³/mol. The summed E-state index contributed by atoms with van der Waals surface area (Å²) in [5.74, 6) is -0.0199. The first kappa shape index (κ1) is 20.4. The second-order valence-electron chi connectivity index (χ2n) is 7.86. The van der Waals surface area contributed by atoms with Crippen molar-refractivity contribution in [2.75, 3.05) is 13.1 Å². The molecule has 32 heavy (non-hydrogen) atoms. The number of nitrogens with zero attached hydrogens (tertiary/aromatic N) is 3. The van der Waals surface area contributed by atoms with Gasteiger partial charge in [0, 0.05) is 49.7 Å². The molecule has 4 aromatic rings. The van der Waals surface area contributed by atoms with Crippen LogP contribution >= 0.6 is 0 Å². The number of imidazole rings is 1. The van der Waals surface area contributed by atoms with Crippen LogP contribution in [0.1, 0.15) is 27.4 Å². The van der Waals surface area contributed by atoms with Crippen molar-refractivity contribution in [3.8, 4) is 0 Å². The molecule has 8 heteroatoms. The van der Waals surface area contributed by atoms with Crippen LogP contribution in [-0.2, 0) is 16.6 Å². The van der Waals surface area contributed by atoms with Gasteiger partial charge in [-0.25, -0.2) is 13.4 Å². The largest absolute Gasteiger partial charge is 0.348 e. The number of pyridine rings is 1. The average molecular weight is 447 g/mol. The lowest BCUT2D eigenvalue weighted by molar-refractivity contribution is 0.0951. The maximum absolute atomic E-state index is 12.6. The van der Waals surface area contributed by atoms with E-state index in [1.807, 2.05) is 41.1 Å². The molecule has 0 spiro atoms. The lowest BCUT2D eigenvalue weighted by Gasteiger charge is -2.38. The van der Waals surface area contributed by atoms with Gasteiger partial charge in [-0.1, -0.05) is 30.3 Å². The van der Waals surface area contributed by atoms with Crippen molar-refractivity contribution >= 4 is 21.6 Å². The van der Waals surface area contributed by atoms with Gasteiger partial charge in [0.15, 0.2) is 0 Å². The highest BCUT2D eigenvalue weighted by atomic mass is 32.2. The molecule has 2 aromatic carbocycles. The molecule has 0 bridgehead atoms. The zero-order valence-corrected chi connectivity index (χ0v) is 18.1. The maximum atomic E-state index is 12.6. The van der Waals surface area contributed by atoms with Gasteiger partial charge in [-0.05, 0) is 47.5 Å². The molecule has 0 unspecified atom stereocenters. The van der Waals surface area contributed by atoms with Crippen LogP contribution in [0.5, 0.6) is 0 Å². The molecule has 1 saturated heterocycles. The summed E-state index contributed by atoms with van der Waals surface area (Å²) in [4.78, 5) is 17.1. The molecule has 5 rings (SSSR count). The number of rotatable bonds is 6. The van der Waals surface area contributed by atoms with Gasteiger partial charge in [-0.3, -0.25) is 4.79 Å². The van der Waals surface area contributed by atoms with E-state index in [1.165, 1.54) is 4.31 Å². The second-order valence-corrected chi connectivity index (χ2v) is 9.80. The summed E-state index contributed by atoms with van der Waals surface area (Å²) >= 11 is 0. The minimum atomic E-state index is -3.45. The summed E-state index contributed by atoms with van der Waals surface area (Å²) in [5.41, 5.74) is 3.42. The molecular formula is C24H22N4O3S. The van der Waals surface area contributed by atoms with E-state index < -0.39 is 10.0 Å². The number of hydrogen-bond donors (Lipinski definition) is 1. The topological polar surface area (TPSA) is 83.8 Å². The fraction of sp³-hybridized carbons (Fsp3) is 0.167. The number of amides is 1. The van der Waals surface area contributed by atoms with Crippen LogP contribution in [0, 0.1) is 0 Å². The summed E-state index contributed by atoms with van der Waals surface area (Å²) in [6.07, 6.45) is 5.52. The van der Waals surface area contributed by atoms with Crippen LogP contribution in [-0.4, -0.2) is 41.1 Å². The highest BCUT2D eigenvalue weighted by Crippen LogP contribution is 2.32. The van der Waals surface area contributed by atoms with Crippen molar-refractivity contribution in [2.45, 2.75) is 17.4 Å². The van der Waals surface area contributed by atoms with Gasteiger partial charge in [-0.15, -0.1) is 0 Å². The fourth-order valence-corrected chi connectivity index (χ4v) is 5.39. The van der Waals surface area contributed by atoms with E-state index in [1.54, 1.807) is 48.7 Å². The smallest absolute Gasteiger partial charge is 0.251 e. The van der Waals surface area contributed by atoms with E-state index in [2.05, 4.69) is 10.3 Å². The summed E-state index contributed by atoms with van der Waals surface area (Å²) in [6, 6.07) is 19.8. The molecule has 7 nitrogen and oxygen atoms in total. The third kappa shape index (κ3) is 3.90. The van der Waals surface area contributed by atoms with Crippen LogP contribution in [0.2, 0.25) is 0 Å². The minimum Gasteiger partial charge on any atom is -0.348 e. The Bertz CT molecular complexity index is 1360. The first-order valence-corrected chi connectivity index (χ1v) is 11.8. The van der Waals surface area contributed by atoms with Gasteiger partial charge >= 0.3 is 0 Å². The monoisotopic (exact) mass is 446 g/mol. The van der Waals surface area contributed by atoms with Crippen LogP contribution in [0.3, 0.4) is 0 Å². The average Bonchev–Trinajstić information content (AvgIpc) is 3.25. The molecule has 162 valence electrons. The molecule has 3 heterocycles. The first-order chi connectivity index (χ1) is 15.5. The Morgan fingerprint density at radius 3 is 2.50 bits per heavy atom. The normalized spacial score (nSPS) is 14.9. The molecule has 0 radical (unpaired) electrons. The number of carbonyl (C=O) groups is 1. The Kier molecular flexibility index (Phi) is 5.24. The van der Waals surface area contributed by atoms with Crippen molar-refractivity contribution in [1.82, 2.24) is 19.0 Å². The van der Waals surface area contributed by atoms with E-state index in [0.29, 0.717) is 30.1 Å². The van der Waals surface area contributed by atoms with Gasteiger partial charge in [0.25, 0.3) is 5.91 Å². The Balaban J connectivity index is 1.18. The van der Waals surface area contributed by atoms with Gasteiger partial charge in [0.05, 0.1) is 4.90 Å². The lowest BCUT2D eigenvalue weighted by Crippen LogP contribution is -2.48. The third-order valence-corrected chi connectivity index (χ3v) is 7.63. The van der Waals surface area contributed by atoms with E-state index in [4.69, 9.17) is 0 Å². The van der Waals surface area contributed by atoms with Crippen molar-refractivity contribution in [3.05, 3.63) is 102 Å². The Morgan fingerprint density at radius 2 is 1.75 bits per heavy atom. The summed E-state index contributed by atoms with van der Waals surface area (Å²) in [6.45, 7) is 1.30. The molecular weight excluding hydrogens is 424 g/mol. The van der Waals surface area contributed by atoms with Gasteiger partial charge in [0.1, 0.15) is 5.65 Å². The first-order valence-electron chi connectivity index (χ1n) is 10.4. The van der Waals surface area contributed by atoms with E-state index >= 15 is 0 Å². The number of nitrogens with one attached hydrogen (secondary N) is 1. The summed E-state index contributed by atoms with van der Waals surface area (Å²) in [5, 5.41) is 2.93. The molecule has 0 aliphatic carbocycles. The van der Waals surface area contributed by atoms with Crippen LogP contribution < -0.4 is 5.32 Å². The molecule has 2 aromatic heterocycles. The summed E-state index contributed by atoms with van der Waals surface area (Å²) < 4.78 is 28.7. The molecule has 0 saturated carbocycles. The molecule has 0 atom stereocenters. The second kappa shape index (κ2) is 8.22. The molecule has 1 N–H and O–H groups in total. The maximum Gasteiger partial charge on any atom is 0.251 e. The molecule has 1 aliphatic rings. The molecule has 1 amide bonds. The van der Waals surface area contributed by atoms with Crippen molar-refractivity contribution in [1.29, 1.82) is 0 Å². The highest BCUT2D eigenvalue weighted by Gasteiger charge is 2.37. The van der Waals surface area contributed by atoms with Crippen molar-refractivity contribution < 1.29 is 13.2 Å². The van der Waals surface area contributed by atoms with Crippen LogP contribution in [0.4, 0.5) is 0 Å². The Morgan fingerprint density at radius 1 is 1.00 bits per heavy atom. The molecule has 1 aliphatic heterocycles. The predicted octanol–water partition coefficient (Wildman–Crippen LogP) is 3.05. The number of benzene rings is 2. The number of hydrogen-bond acceptors (Lipinski definition) is 4. The number of sulfonamides is 1. The molecule has 1 fully saturated rings. The van der Waals surface area contributed by atoms with E-state index in [9.17, 15) is 13.2 Å². The van der Waals surface area contributed by atoms with Gasteiger partial charge in [-0.2, -0.15) is 4.31 Å². The van der Waals surface area contributed by atoms with Crippen molar-refractivity contribution in [2.24, 2.45) is 0 Å². The van der Waals surface area contributed by atoms with E-state index in [0.717, 1.165) is 16.8 Å². The van der Waals surface area contributed by atoms with E-state index in [-0.39, 0.29) is 11.8 Å². The number of carbonyl (C=O) groups excluding carboxylic acids is 1. The quantitative estimate of drug-likeness (QED) is 0.493. The SMILES string of the molecule is O=C(NCc1ccn2ccnc2c1)c1ccc(C2CN(S(=O)(=O)c3ccccc3)C2)cc1. The zero-order chi connectivity index (χ0) is 22.1. The highest BCUT2D eigenvalue weighted by molar-refractivity contribution is 7.89. The Labute approximate surface area is 186 Å². The van der Waals surface area contributed by atoms with Crippen molar-refractivity contribution in [3.63, 3.8) is 0 Å². The summed E-state index contributed by atoms with van der Waals surface area (Å²) in [7, 11) is -3.45. The van der Waals surface area contributed by atoms with Gasteiger partial charge in [0.2, 0.25) is 10.0 Å². The fourth-order valence-electron chi connectivity index (χ4n) is 3.84. The van der Waals surface area contributed by atoms with Crippen LogP contribution in [0.25, 0.3) is 5.65 Å².